The zero-order valence-electron chi connectivity index (χ0n) is 17.6. The van der Waals surface area contributed by atoms with Crippen molar-refractivity contribution >= 4 is 28.8 Å². The Hall–Kier alpha value is -3.92. The number of carbonyl (C=O) groups is 2. The maximum atomic E-state index is 13.6. The maximum Gasteiger partial charge on any atom is 0.282 e. The molecule has 10 heteroatoms. The molecular weight excluding hydrogens is 418 g/mol. The van der Waals surface area contributed by atoms with Crippen LogP contribution in [0.1, 0.15) is 5.56 Å². The van der Waals surface area contributed by atoms with Crippen molar-refractivity contribution in [1.29, 1.82) is 0 Å². The van der Waals surface area contributed by atoms with Crippen LogP contribution in [0.3, 0.4) is 0 Å². The molecule has 10 nitrogen and oxygen atoms in total. The Bertz CT molecular complexity index is 1110. The van der Waals surface area contributed by atoms with E-state index in [1.54, 1.807) is 18.2 Å². The van der Waals surface area contributed by atoms with E-state index < -0.39 is 16.7 Å². The number of rotatable bonds is 6. The summed E-state index contributed by atoms with van der Waals surface area (Å²) in [6, 6.07) is 10.4. The van der Waals surface area contributed by atoms with Gasteiger partial charge in [-0.25, -0.2) is 4.90 Å². The molecule has 0 aliphatic carbocycles. The van der Waals surface area contributed by atoms with Gasteiger partial charge in [0.05, 0.1) is 43.6 Å². The fourth-order valence-electron chi connectivity index (χ4n) is 3.80. The lowest BCUT2D eigenvalue weighted by atomic mass is 10.0. The van der Waals surface area contributed by atoms with Crippen molar-refractivity contribution in [2.24, 2.45) is 0 Å². The second-order valence-corrected chi connectivity index (χ2v) is 7.11. The molecule has 0 spiro atoms. The average molecular weight is 439 g/mol. The topological polar surface area (TPSA) is 111 Å². The number of benzene rings is 2. The number of anilines is 1. The lowest BCUT2D eigenvalue weighted by Gasteiger charge is -2.29. The SMILES string of the molecule is COc1ccc(OC)c(N2C(=O)C(c3ccc([N+](=O)[O-])cc3)=C(N3CCOCC3)C2=O)c1. The van der Waals surface area contributed by atoms with Crippen LogP contribution in [0, 0.1) is 10.1 Å². The molecule has 2 aliphatic heterocycles. The van der Waals surface area contributed by atoms with Gasteiger partial charge in [0.2, 0.25) is 0 Å². The number of carbonyl (C=O) groups excluding carboxylic acids is 2. The van der Waals surface area contributed by atoms with Gasteiger partial charge in [-0.15, -0.1) is 0 Å². The Balaban J connectivity index is 1.84. The van der Waals surface area contributed by atoms with Gasteiger partial charge >= 0.3 is 0 Å². The first-order valence-corrected chi connectivity index (χ1v) is 9.89. The molecule has 2 amide bonds. The first-order valence-electron chi connectivity index (χ1n) is 9.89. The number of ether oxygens (including phenoxy) is 3. The number of nitro benzene ring substituents is 1. The molecule has 1 saturated heterocycles. The number of morpholine rings is 1. The van der Waals surface area contributed by atoms with Gasteiger partial charge in [-0.2, -0.15) is 0 Å². The number of amides is 2. The Labute approximate surface area is 183 Å². The monoisotopic (exact) mass is 439 g/mol. The Kier molecular flexibility index (Phi) is 5.78. The molecule has 2 heterocycles. The molecule has 0 saturated carbocycles. The summed E-state index contributed by atoms with van der Waals surface area (Å²) in [5, 5.41) is 11.0. The fraction of sp³-hybridized carbons (Fsp3) is 0.273. The summed E-state index contributed by atoms with van der Waals surface area (Å²) >= 11 is 0. The molecule has 1 fully saturated rings. The summed E-state index contributed by atoms with van der Waals surface area (Å²) in [7, 11) is 2.93. The smallest absolute Gasteiger partial charge is 0.282 e. The lowest BCUT2D eigenvalue weighted by molar-refractivity contribution is -0.384. The Morgan fingerprint density at radius 2 is 1.66 bits per heavy atom. The van der Waals surface area contributed by atoms with E-state index >= 15 is 0 Å². The van der Waals surface area contributed by atoms with Crippen molar-refractivity contribution in [2.75, 3.05) is 45.4 Å². The van der Waals surface area contributed by atoms with Crippen LogP contribution in [0.4, 0.5) is 11.4 Å². The fourth-order valence-corrected chi connectivity index (χ4v) is 3.80. The van der Waals surface area contributed by atoms with Crippen LogP contribution in [0.2, 0.25) is 0 Å². The van der Waals surface area contributed by atoms with Gasteiger partial charge < -0.3 is 19.1 Å². The van der Waals surface area contributed by atoms with E-state index in [0.29, 0.717) is 43.4 Å². The van der Waals surface area contributed by atoms with Gasteiger partial charge in [0.1, 0.15) is 17.2 Å². The van der Waals surface area contributed by atoms with Crippen molar-refractivity contribution in [3.05, 3.63) is 63.8 Å². The average Bonchev–Trinajstić information content (AvgIpc) is 3.08. The van der Waals surface area contributed by atoms with E-state index in [9.17, 15) is 19.7 Å². The van der Waals surface area contributed by atoms with Crippen LogP contribution in [0.5, 0.6) is 11.5 Å². The minimum Gasteiger partial charge on any atom is -0.497 e. The third-order valence-corrected chi connectivity index (χ3v) is 5.38. The Morgan fingerprint density at radius 3 is 2.25 bits per heavy atom. The normalized spacial score (nSPS) is 16.6. The quantitative estimate of drug-likeness (QED) is 0.383. The lowest BCUT2D eigenvalue weighted by Crippen LogP contribution is -2.40. The van der Waals surface area contributed by atoms with Gasteiger partial charge in [-0.05, 0) is 29.8 Å². The molecule has 0 unspecified atom stereocenters. The highest BCUT2D eigenvalue weighted by Crippen LogP contribution is 2.40. The first-order chi connectivity index (χ1) is 15.5. The number of non-ortho nitro benzene ring substituents is 1. The van der Waals surface area contributed by atoms with Crippen molar-refractivity contribution in [3.63, 3.8) is 0 Å². The van der Waals surface area contributed by atoms with Crippen LogP contribution >= 0.6 is 0 Å². The molecule has 32 heavy (non-hydrogen) atoms. The number of methoxy groups -OCH3 is 2. The van der Waals surface area contributed by atoms with Gasteiger partial charge in [0, 0.05) is 31.3 Å². The van der Waals surface area contributed by atoms with Crippen LogP contribution in [-0.4, -0.2) is 62.2 Å². The van der Waals surface area contributed by atoms with Crippen molar-refractivity contribution < 1.29 is 28.7 Å². The van der Waals surface area contributed by atoms with Crippen molar-refractivity contribution in [3.8, 4) is 11.5 Å². The molecule has 2 aromatic rings. The second-order valence-electron chi connectivity index (χ2n) is 7.11. The molecule has 4 rings (SSSR count). The van der Waals surface area contributed by atoms with Gasteiger partial charge in [-0.1, -0.05) is 0 Å². The minimum absolute atomic E-state index is 0.106. The minimum atomic E-state index is -0.545. The number of imide groups is 1. The summed E-state index contributed by atoms with van der Waals surface area (Å²) in [6.07, 6.45) is 0. The molecule has 0 bridgehead atoms. The van der Waals surface area contributed by atoms with Gasteiger partial charge in [0.15, 0.2) is 0 Å². The predicted octanol–water partition coefficient (Wildman–Crippen LogP) is 2.23. The highest BCUT2D eigenvalue weighted by molar-refractivity contribution is 6.45. The summed E-state index contributed by atoms with van der Waals surface area (Å²) < 4.78 is 16.1. The molecule has 0 aromatic heterocycles. The van der Waals surface area contributed by atoms with Crippen LogP contribution in [0.25, 0.3) is 5.57 Å². The molecule has 0 radical (unpaired) electrons. The Morgan fingerprint density at radius 1 is 0.969 bits per heavy atom. The summed E-state index contributed by atoms with van der Waals surface area (Å²) in [6.45, 7) is 1.71. The third kappa shape index (κ3) is 3.65. The number of hydrogen-bond donors (Lipinski definition) is 0. The van der Waals surface area contributed by atoms with E-state index in [2.05, 4.69) is 0 Å². The van der Waals surface area contributed by atoms with Crippen LogP contribution in [0.15, 0.2) is 48.2 Å². The largest absolute Gasteiger partial charge is 0.497 e. The predicted molar refractivity (Wildman–Crippen MR) is 114 cm³/mol. The third-order valence-electron chi connectivity index (χ3n) is 5.38. The molecule has 166 valence electrons. The molecule has 2 aromatic carbocycles. The van der Waals surface area contributed by atoms with Crippen molar-refractivity contribution in [2.45, 2.75) is 0 Å². The number of nitrogens with zero attached hydrogens (tertiary/aromatic N) is 3. The molecule has 2 aliphatic rings. The molecular formula is C22H21N3O7. The van der Waals surface area contributed by atoms with E-state index in [-0.39, 0.29) is 22.6 Å². The highest BCUT2D eigenvalue weighted by Gasteiger charge is 2.44. The van der Waals surface area contributed by atoms with Crippen LogP contribution in [-0.2, 0) is 14.3 Å². The molecule has 0 atom stereocenters. The van der Waals surface area contributed by atoms with Crippen molar-refractivity contribution in [1.82, 2.24) is 4.90 Å². The molecule has 0 N–H and O–H groups in total. The first kappa shape index (κ1) is 21.3. The summed E-state index contributed by atoms with van der Waals surface area (Å²) in [4.78, 5) is 40.6. The second kappa shape index (κ2) is 8.67. The van der Waals surface area contributed by atoms with E-state index in [1.807, 2.05) is 4.90 Å². The summed E-state index contributed by atoms with van der Waals surface area (Å²) in [5.41, 5.74) is 0.975. The van der Waals surface area contributed by atoms with E-state index in [0.717, 1.165) is 4.90 Å². The zero-order chi connectivity index (χ0) is 22.8. The highest BCUT2D eigenvalue weighted by atomic mass is 16.6. The van der Waals surface area contributed by atoms with Gasteiger partial charge in [-0.3, -0.25) is 19.7 Å². The van der Waals surface area contributed by atoms with E-state index in [4.69, 9.17) is 14.2 Å². The number of nitro groups is 1. The number of hydrogen-bond acceptors (Lipinski definition) is 8. The van der Waals surface area contributed by atoms with Crippen LogP contribution < -0.4 is 14.4 Å². The standard InChI is InChI=1S/C22H21N3O7/c1-30-16-7-8-18(31-2)17(13-16)24-21(26)19(14-3-5-15(6-4-14)25(28)29)20(22(24)27)23-9-11-32-12-10-23/h3-8,13H,9-12H2,1-2H3. The summed E-state index contributed by atoms with van der Waals surface area (Å²) in [5.74, 6) is -0.259. The van der Waals surface area contributed by atoms with E-state index in [1.165, 1.54) is 38.5 Å². The zero-order valence-corrected chi connectivity index (χ0v) is 17.6. The van der Waals surface area contributed by atoms with Gasteiger partial charge in [0.25, 0.3) is 17.5 Å². The maximum absolute atomic E-state index is 13.6.